The average Bonchev–Trinajstić information content (AvgIpc) is 3.45. The van der Waals surface area contributed by atoms with E-state index in [0.717, 1.165) is 83.3 Å². The van der Waals surface area contributed by atoms with Crippen LogP contribution in [0.1, 0.15) is 83.8 Å². The van der Waals surface area contributed by atoms with E-state index in [1.807, 2.05) is 25.1 Å². The normalized spacial score (nSPS) is 23.8. The molecule has 1 heterocycles. The molecule has 2 aromatic carbocycles. The summed E-state index contributed by atoms with van der Waals surface area (Å²) in [6, 6.07) is 10.0. The van der Waals surface area contributed by atoms with E-state index in [-0.39, 0.29) is 5.41 Å². The molecule has 0 aromatic heterocycles. The highest BCUT2D eigenvalue weighted by Gasteiger charge is 2.38. The molecule has 2 atom stereocenters. The molecule has 1 saturated heterocycles. The van der Waals surface area contributed by atoms with Gasteiger partial charge in [-0.25, -0.2) is 0 Å². The number of thioether (sulfide) groups is 1. The molecule has 222 valence electrons. The molecule has 1 aliphatic heterocycles. The third-order valence-corrected chi connectivity index (χ3v) is 9.87. The molecule has 41 heavy (non-hydrogen) atoms. The van der Waals surface area contributed by atoms with Gasteiger partial charge in [0.15, 0.2) is 5.17 Å². The summed E-state index contributed by atoms with van der Waals surface area (Å²) in [4.78, 5) is 18.6. The van der Waals surface area contributed by atoms with Gasteiger partial charge in [0, 0.05) is 35.8 Å². The van der Waals surface area contributed by atoms with Crippen LogP contribution in [-0.4, -0.2) is 48.9 Å². The number of nitrogens with zero attached hydrogens (tertiary/aromatic N) is 2. The van der Waals surface area contributed by atoms with Crippen molar-refractivity contribution in [1.82, 2.24) is 4.90 Å². The standard InChI is InChI=1S/C34H46N2O4S/c1-7-34(20-23(2)10-11-24(3)21-34)29-18-26(12-13-30(29)38)28-17-27(31(39-5)19-32(28)40-6)16-25(4)41-33(35-22-37)36-14-8-9-15-36/h12-13,16-19,22-24,38H,7-11,14-15,20-21H2,1-6H3/b25-16-,35-33?. The minimum Gasteiger partial charge on any atom is -0.508 e. The Bertz CT molecular complexity index is 1270. The molecule has 1 saturated carbocycles. The van der Waals surface area contributed by atoms with Crippen LogP contribution in [0.5, 0.6) is 17.2 Å². The Morgan fingerprint density at radius 1 is 1.07 bits per heavy atom. The van der Waals surface area contributed by atoms with Gasteiger partial charge in [-0.3, -0.25) is 4.79 Å². The van der Waals surface area contributed by atoms with Gasteiger partial charge in [0.2, 0.25) is 6.41 Å². The molecule has 1 aliphatic carbocycles. The van der Waals surface area contributed by atoms with E-state index in [0.29, 0.717) is 29.7 Å². The minimum atomic E-state index is -0.0605. The van der Waals surface area contributed by atoms with Gasteiger partial charge in [-0.15, -0.1) is 0 Å². The van der Waals surface area contributed by atoms with Gasteiger partial charge in [-0.2, -0.15) is 4.99 Å². The summed E-state index contributed by atoms with van der Waals surface area (Å²) < 4.78 is 11.6. The summed E-state index contributed by atoms with van der Waals surface area (Å²) in [6.45, 7) is 10.8. The highest BCUT2D eigenvalue weighted by molar-refractivity contribution is 8.17. The van der Waals surface area contributed by atoms with Gasteiger partial charge >= 0.3 is 0 Å². The van der Waals surface area contributed by atoms with Crippen molar-refractivity contribution in [3.8, 4) is 28.4 Å². The first-order chi connectivity index (χ1) is 19.7. The fourth-order valence-corrected chi connectivity index (χ4v) is 7.68. The number of rotatable bonds is 8. The maximum absolute atomic E-state index is 11.3. The van der Waals surface area contributed by atoms with Crippen molar-refractivity contribution in [2.45, 2.75) is 78.1 Å². The smallest absolute Gasteiger partial charge is 0.235 e. The average molecular weight is 579 g/mol. The third kappa shape index (κ3) is 7.11. The zero-order valence-electron chi connectivity index (χ0n) is 25.5. The van der Waals surface area contributed by atoms with E-state index in [1.54, 1.807) is 14.2 Å². The molecular formula is C34H46N2O4S. The first-order valence-corrected chi connectivity index (χ1v) is 15.8. The molecule has 0 bridgehead atoms. The summed E-state index contributed by atoms with van der Waals surface area (Å²) >= 11 is 1.51. The lowest BCUT2D eigenvalue weighted by Crippen LogP contribution is -2.28. The van der Waals surface area contributed by atoms with Crippen LogP contribution in [0.15, 0.2) is 40.2 Å². The van der Waals surface area contributed by atoms with E-state index in [9.17, 15) is 9.90 Å². The van der Waals surface area contributed by atoms with Gasteiger partial charge in [0.05, 0.1) is 14.2 Å². The summed E-state index contributed by atoms with van der Waals surface area (Å²) in [5.74, 6) is 3.03. The number of likely N-dealkylation sites (tertiary alicyclic amines) is 1. The third-order valence-electron chi connectivity index (χ3n) is 8.89. The Hall–Kier alpha value is -2.93. The molecule has 2 aliphatic rings. The van der Waals surface area contributed by atoms with Crippen molar-refractivity contribution in [3.05, 3.63) is 46.4 Å². The van der Waals surface area contributed by atoms with Gasteiger partial charge in [0.25, 0.3) is 0 Å². The molecule has 2 fully saturated rings. The van der Waals surface area contributed by atoms with Gasteiger partial charge in [-0.05, 0) is 91.0 Å². The molecular weight excluding hydrogens is 532 g/mol. The molecule has 1 amide bonds. The summed E-state index contributed by atoms with van der Waals surface area (Å²) in [5, 5.41) is 11.9. The van der Waals surface area contributed by atoms with Gasteiger partial charge in [-0.1, -0.05) is 51.4 Å². The maximum Gasteiger partial charge on any atom is 0.235 e. The van der Waals surface area contributed by atoms with E-state index in [4.69, 9.17) is 9.47 Å². The summed E-state index contributed by atoms with van der Waals surface area (Å²) in [6.07, 6.45) is 10.6. The van der Waals surface area contributed by atoms with Crippen LogP contribution >= 0.6 is 11.8 Å². The lowest BCUT2D eigenvalue weighted by Gasteiger charge is -2.36. The predicted molar refractivity (Wildman–Crippen MR) is 171 cm³/mol. The first-order valence-electron chi connectivity index (χ1n) is 15.0. The molecule has 7 heteroatoms. The number of allylic oxidation sites excluding steroid dienone is 1. The van der Waals surface area contributed by atoms with Crippen molar-refractivity contribution in [2.24, 2.45) is 16.8 Å². The monoisotopic (exact) mass is 578 g/mol. The largest absolute Gasteiger partial charge is 0.508 e. The SMILES string of the molecule is CCC1(c2cc(-c3cc(/C=C(/C)SC(=NC=O)N4CCCC4)c(OC)cc3OC)ccc2O)CC(C)CCC(C)C1. The Morgan fingerprint density at radius 2 is 1.73 bits per heavy atom. The van der Waals surface area contributed by atoms with Crippen molar-refractivity contribution in [3.63, 3.8) is 0 Å². The van der Waals surface area contributed by atoms with Crippen molar-refractivity contribution in [1.29, 1.82) is 0 Å². The van der Waals surface area contributed by atoms with E-state index >= 15 is 0 Å². The number of ether oxygens (including phenoxy) is 2. The quantitative estimate of drug-likeness (QED) is 0.147. The number of amides is 1. The molecule has 0 radical (unpaired) electrons. The van der Waals surface area contributed by atoms with E-state index in [2.05, 4.69) is 48.9 Å². The molecule has 1 N–H and O–H groups in total. The Morgan fingerprint density at radius 3 is 2.32 bits per heavy atom. The second-order valence-electron chi connectivity index (χ2n) is 11.9. The summed E-state index contributed by atoms with van der Waals surface area (Å²) in [7, 11) is 3.34. The lowest BCUT2D eigenvalue weighted by atomic mass is 9.68. The Balaban J connectivity index is 1.77. The number of aliphatic imine (C=N–C) groups is 1. The predicted octanol–water partition coefficient (Wildman–Crippen LogP) is 8.27. The zero-order valence-corrected chi connectivity index (χ0v) is 26.4. The number of carbonyl (C=O) groups excluding carboxylic acids is 1. The van der Waals surface area contributed by atoms with Crippen molar-refractivity contribution in [2.75, 3.05) is 27.3 Å². The fraction of sp³-hybridized carbons (Fsp3) is 0.529. The Labute approximate surface area is 250 Å². The number of phenolic OH excluding ortho intramolecular Hbond substituents is 1. The number of phenols is 1. The zero-order chi connectivity index (χ0) is 29.6. The van der Waals surface area contributed by atoms with Gasteiger partial charge < -0.3 is 19.5 Å². The number of benzene rings is 2. The molecule has 6 nitrogen and oxygen atoms in total. The second kappa shape index (κ2) is 13.8. The molecule has 2 unspecified atom stereocenters. The number of aromatic hydroxyl groups is 1. The van der Waals surface area contributed by atoms with Crippen LogP contribution in [0, 0.1) is 11.8 Å². The number of methoxy groups -OCH3 is 2. The second-order valence-corrected chi connectivity index (χ2v) is 13.1. The topological polar surface area (TPSA) is 71.4 Å². The van der Waals surface area contributed by atoms with Crippen molar-refractivity contribution >= 4 is 29.4 Å². The highest BCUT2D eigenvalue weighted by Crippen LogP contribution is 2.49. The van der Waals surface area contributed by atoms with E-state index in [1.165, 1.54) is 24.6 Å². The highest BCUT2D eigenvalue weighted by atomic mass is 32.2. The number of amidine groups is 1. The minimum absolute atomic E-state index is 0.0605. The van der Waals surface area contributed by atoms with Crippen LogP contribution in [0.2, 0.25) is 0 Å². The number of carbonyl (C=O) groups is 1. The van der Waals surface area contributed by atoms with Crippen LogP contribution in [0.25, 0.3) is 17.2 Å². The molecule has 0 spiro atoms. The van der Waals surface area contributed by atoms with Crippen LogP contribution in [0.3, 0.4) is 0 Å². The lowest BCUT2D eigenvalue weighted by molar-refractivity contribution is -0.106. The van der Waals surface area contributed by atoms with Crippen LogP contribution in [0.4, 0.5) is 0 Å². The van der Waals surface area contributed by atoms with Crippen LogP contribution < -0.4 is 9.47 Å². The molecule has 2 aromatic rings. The van der Waals surface area contributed by atoms with E-state index < -0.39 is 0 Å². The molecule has 4 rings (SSSR count). The summed E-state index contributed by atoms with van der Waals surface area (Å²) in [5.41, 5.74) is 3.85. The van der Waals surface area contributed by atoms with Crippen LogP contribution in [-0.2, 0) is 10.2 Å². The first kappa shape index (κ1) is 31.0. The number of hydrogen-bond acceptors (Lipinski definition) is 5. The van der Waals surface area contributed by atoms with Crippen molar-refractivity contribution < 1.29 is 19.4 Å². The number of hydrogen-bond donors (Lipinski definition) is 1. The Kier molecular flexibility index (Phi) is 10.5. The fourth-order valence-electron chi connectivity index (χ4n) is 6.80. The van der Waals surface area contributed by atoms with Gasteiger partial charge in [0.1, 0.15) is 17.2 Å². The maximum atomic E-state index is 11.3.